The van der Waals surface area contributed by atoms with Gasteiger partial charge in [-0.3, -0.25) is 0 Å². The van der Waals surface area contributed by atoms with Crippen molar-refractivity contribution in [3.8, 4) is 34.6 Å². The average molecular weight is 284 g/mol. The van der Waals surface area contributed by atoms with Gasteiger partial charge >= 0.3 is 0 Å². The highest BCUT2D eigenvalue weighted by Crippen LogP contribution is 2.28. The first-order valence-electron chi connectivity index (χ1n) is 6.17. The van der Waals surface area contributed by atoms with Gasteiger partial charge in [0, 0.05) is 6.07 Å². The van der Waals surface area contributed by atoms with Crippen LogP contribution in [0.15, 0.2) is 40.9 Å². The van der Waals surface area contributed by atoms with Gasteiger partial charge in [-0.2, -0.15) is 4.98 Å². The third kappa shape index (κ3) is 2.53. The van der Waals surface area contributed by atoms with E-state index in [4.69, 9.17) is 14.0 Å². The summed E-state index contributed by atoms with van der Waals surface area (Å²) in [4.78, 5) is 4.31. The van der Waals surface area contributed by atoms with Gasteiger partial charge in [0.2, 0.25) is 11.7 Å². The molecule has 21 heavy (non-hydrogen) atoms. The van der Waals surface area contributed by atoms with E-state index < -0.39 is 0 Å². The first kappa shape index (κ1) is 13.0. The summed E-state index contributed by atoms with van der Waals surface area (Å²) in [5.41, 5.74) is 1.22. The van der Waals surface area contributed by atoms with Crippen molar-refractivity contribution in [2.24, 2.45) is 0 Å². The predicted octanol–water partition coefficient (Wildman–Crippen LogP) is 2.21. The number of para-hydroxylation sites is 1. The SMILES string of the molecule is COc1ccc(-c2nc(-c3ccccc3OC)no2)nn1. The van der Waals surface area contributed by atoms with Crippen LogP contribution in [0.4, 0.5) is 0 Å². The van der Waals surface area contributed by atoms with Crippen LogP contribution in [0.1, 0.15) is 0 Å². The van der Waals surface area contributed by atoms with Crippen LogP contribution in [0.2, 0.25) is 0 Å². The molecule has 0 radical (unpaired) electrons. The van der Waals surface area contributed by atoms with Crippen LogP contribution >= 0.6 is 0 Å². The minimum absolute atomic E-state index is 0.283. The molecule has 0 atom stereocenters. The Morgan fingerprint density at radius 3 is 2.52 bits per heavy atom. The summed E-state index contributed by atoms with van der Waals surface area (Å²) in [7, 11) is 3.12. The Morgan fingerprint density at radius 1 is 0.952 bits per heavy atom. The molecule has 0 amide bonds. The van der Waals surface area contributed by atoms with Crippen molar-refractivity contribution in [1.82, 2.24) is 20.3 Å². The van der Waals surface area contributed by atoms with Gasteiger partial charge in [0.1, 0.15) is 5.75 Å². The second kappa shape index (κ2) is 5.58. The molecule has 2 heterocycles. The molecule has 0 unspecified atom stereocenters. The molecule has 2 aromatic heterocycles. The van der Waals surface area contributed by atoms with Crippen molar-refractivity contribution in [3.63, 3.8) is 0 Å². The zero-order valence-corrected chi connectivity index (χ0v) is 11.5. The summed E-state index contributed by atoms with van der Waals surface area (Å²) in [6.45, 7) is 0. The molecule has 3 aromatic rings. The van der Waals surface area contributed by atoms with E-state index in [9.17, 15) is 0 Å². The van der Waals surface area contributed by atoms with Crippen molar-refractivity contribution in [3.05, 3.63) is 36.4 Å². The molecule has 0 aliphatic rings. The Kier molecular flexibility index (Phi) is 3.46. The quantitative estimate of drug-likeness (QED) is 0.726. The highest BCUT2D eigenvalue weighted by Gasteiger charge is 2.15. The molecular weight excluding hydrogens is 272 g/mol. The minimum Gasteiger partial charge on any atom is -0.496 e. The van der Waals surface area contributed by atoms with Crippen LogP contribution in [0.5, 0.6) is 11.6 Å². The van der Waals surface area contributed by atoms with Crippen LogP contribution in [0, 0.1) is 0 Å². The van der Waals surface area contributed by atoms with Crippen molar-refractivity contribution in [2.75, 3.05) is 14.2 Å². The van der Waals surface area contributed by atoms with E-state index in [1.54, 1.807) is 19.2 Å². The number of methoxy groups -OCH3 is 2. The highest BCUT2D eigenvalue weighted by molar-refractivity contribution is 5.65. The Hall–Kier alpha value is -2.96. The predicted molar refractivity (Wildman–Crippen MR) is 73.9 cm³/mol. The number of nitrogens with zero attached hydrogens (tertiary/aromatic N) is 4. The van der Waals surface area contributed by atoms with E-state index in [0.717, 1.165) is 5.56 Å². The third-order valence-electron chi connectivity index (χ3n) is 2.84. The zero-order valence-electron chi connectivity index (χ0n) is 11.5. The second-order valence-electron chi connectivity index (χ2n) is 4.08. The molecule has 0 fully saturated rings. The molecule has 0 spiro atoms. The first-order chi connectivity index (χ1) is 10.3. The van der Waals surface area contributed by atoms with Crippen molar-refractivity contribution in [2.45, 2.75) is 0 Å². The molecule has 0 saturated heterocycles. The van der Waals surface area contributed by atoms with E-state index >= 15 is 0 Å². The smallest absolute Gasteiger partial charge is 0.278 e. The van der Waals surface area contributed by atoms with Gasteiger partial charge in [-0.25, -0.2) is 0 Å². The average Bonchev–Trinajstić information content (AvgIpc) is 3.04. The molecule has 0 saturated carbocycles. The number of hydrogen-bond acceptors (Lipinski definition) is 7. The molecule has 106 valence electrons. The fraction of sp³-hybridized carbons (Fsp3) is 0.143. The number of benzene rings is 1. The lowest BCUT2D eigenvalue weighted by Gasteiger charge is -2.02. The van der Waals surface area contributed by atoms with E-state index in [1.165, 1.54) is 7.11 Å². The minimum atomic E-state index is 0.283. The molecule has 0 aliphatic carbocycles. The van der Waals surface area contributed by atoms with Gasteiger partial charge in [0.15, 0.2) is 5.69 Å². The summed E-state index contributed by atoms with van der Waals surface area (Å²) in [6.07, 6.45) is 0. The molecule has 0 N–H and O–H groups in total. The van der Waals surface area contributed by atoms with Gasteiger partial charge in [0.25, 0.3) is 5.89 Å². The lowest BCUT2D eigenvalue weighted by atomic mass is 10.2. The molecule has 7 nitrogen and oxygen atoms in total. The van der Waals surface area contributed by atoms with Crippen LogP contribution < -0.4 is 9.47 Å². The second-order valence-corrected chi connectivity index (χ2v) is 4.08. The van der Waals surface area contributed by atoms with E-state index in [1.807, 2.05) is 24.3 Å². The van der Waals surface area contributed by atoms with Gasteiger partial charge < -0.3 is 14.0 Å². The summed E-state index contributed by atoms with van der Waals surface area (Å²) in [5, 5.41) is 11.8. The summed E-state index contributed by atoms with van der Waals surface area (Å²) >= 11 is 0. The monoisotopic (exact) mass is 284 g/mol. The maximum atomic E-state index is 5.28. The highest BCUT2D eigenvalue weighted by atomic mass is 16.5. The maximum absolute atomic E-state index is 5.28. The summed E-state index contributed by atoms with van der Waals surface area (Å²) in [6, 6.07) is 10.8. The van der Waals surface area contributed by atoms with E-state index in [2.05, 4.69) is 20.3 Å². The van der Waals surface area contributed by atoms with Crippen LogP contribution in [-0.4, -0.2) is 34.6 Å². The Labute approximate surface area is 120 Å². The third-order valence-corrected chi connectivity index (χ3v) is 2.84. The first-order valence-corrected chi connectivity index (χ1v) is 6.17. The zero-order chi connectivity index (χ0) is 14.7. The van der Waals surface area contributed by atoms with Crippen molar-refractivity contribution >= 4 is 0 Å². The number of aromatic nitrogens is 4. The largest absolute Gasteiger partial charge is 0.496 e. The normalized spacial score (nSPS) is 10.4. The fourth-order valence-corrected chi connectivity index (χ4v) is 1.81. The maximum Gasteiger partial charge on any atom is 0.278 e. The number of ether oxygens (including phenoxy) is 2. The van der Waals surface area contributed by atoms with Gasteiger partial charge in [-0.1, -0.05) is 17.3 Å². The van der Waals surface area contributed by atoms with E-state index in [-0.39, 0.29) is 5.89 Å². The molecule has 7 heteroatoms. The fourth-order valence-electron chi connectivity index (χ4n) is 1.81. The molecular formula is C14H12N4O3. The molecule has 0 bridgehead atoms. The standard InChI is InChI=1S/C14H12N4O3/c1-19-11-6-4-3-5-9(11)13-15-14(21-18-13)10-7-8-12(20-2)17-16-10/h3-8H,1-2H3. The Morgan fingerprint density at radius 2 is 1.81 bits per heavy atom. The number of rotatable bonds is 4. The molecule has 0 aliphatic heterocycles. The number of hydrogen-bond donors (Lipinski definition) is 0. The molecule has 1 aromatic carbocycles. The van der Waals surface area contributed by atoms with Crippen LogP contribution in [-0.2, 0) is 0 Å². The summed E-state index contributed by atoms with van der Waals surface area (Å²) in [5.74, 6) is 1.81. The summed E-state index contributed by atoms with van der Waals surface area (Å²) < 4.78 is 15.5. The van der Waals surface area contributed by atoms with Crippen LogP contribution in [0.3, 0.4) is 0 Å². The Bertz CT molecular complexity index is 740. The lowest BCUT2D eigenvalue weighted by Crippen LogP contribution is -1.92. The molecule has 3 rings (SSSR count). The Balaban J connectivity index is 1.95. The van der Waals surface area contributed by atoms with Gasteiger partial charge in [0.05, 0.1) is 19.8 Å². The van der Waals surface area contributed by atoms with Gasteiger partial charge in [-0.05, 0) is 18.2 Å². The topological polar surface area (TPSA) is 83.2 Å². The lowest BCUT2D eigenvalue weighted by molar-refractivity contribution is 0.391. The van der Waals surface area contributed by atoms with Gasteiger partial charge in [-0.15, -0.1) is 10.2 Å². The van der Waals surface area contributed by atoms with Crippen molar-refractivity contribution < 1.29 is 14.0 Å². The van der Waals surface area contributed by atoms with Crippen LogP contribution in [0.25, 0.3) is 23.0 Å². The van der Waals surface area contributed by atoms with E-state index in [0.29, 0.717) is 23.1 Å². The van der Waals surface area contributed by atoms with Crippen molar-refractivity contribution in [1.29, 1.82) is 0 Å².